The van der Waals surface area contributed by atoms with Gasteiger partial charge in [-0.15, -0.1) is 0 Å². The molecule has 0 N–H and O–H groups in total. The molecule has 0 bridgehead atoms. The Morgan fingerprint density at radius 3 is 2.43 bits per heavy atom. The molecule has 5 unspecified atom stereocenters. The molecule has 5 atom stereocenters. The zero-order chi connectivity index (χ0) is 14.7. The van der Waals surface area contributed by atoms with Crippen molar-refractivity contribution in [1.82, 2.24) is 4.90 Å². The van der Waals surface area contributed by atoms with E-state index in [0.717, 1.165) is 38.1 Å². The van der Waals surface area contributed by atoms with Crippen LogP contribution >= 0.6 is 0 Å². The molecule has 3 heteroatoms. The molecule has 0 amide bonds. The lowest BCUT2D eigenvalue weighted by molar-refractivity contribution is -0.0802. The third-order valence-electron chi connectivity index (χ3n) is 5.75. The summed E-state index contributed by atoms with van der Waals surface area (Å²) < 4.78 is 12.0. The van der Waals surface area contributed by atoms with Crippen LogP contribution in [0, 0.1) is 11.8 Å². The van der Waals surface area contributed by atoms with E-state index in [9.17, 15) is 0 Å². The molecule has 1 saturated heterocycles. The largest absolute Gasteiger partial charge is 0.377 e. The van der Waals surface area contributed by atoms with Crippen LogP contribution in [0.5, 0.6) is 0 Å². The van der Waals surface area contributed by atoms with Crippen LogP contribution in [0.2, 0.25) is 0 Å². The number of ether oxygens (including phenoxy) is 2. The Morgan fingerprint density at radius 1 is 0.952 bits per heavy atom. The van der Waals surface area contributed by atoms with Gasteiger partial charge in [-0.25, -0.2) is 0 Å². The first-order valence-corrected chi connectivity index (χ1v) is 9.20. The van der Waals surface area contributed by atoms with Gasteiger partial charge in [0.2, 0.25) is 0 Å². The molecule has 2 saturated carbocycles. The molecule has 0 aromatic heterocycles. The fourth-order valence-electron chi connectivity index (χ4n) is 4.80. The second kappa shape index (κ2) is 7.43. The van der Waals surface area contributed by atoms with Crippen LogP contribution in [0.1, 0.15) is 58.8 Å². The molecule has 3 aliphatic rings. The van der Waals surface area contributed by atoms with E-state index in [2.05, 4.69) is 18.7 Å². The van der Waals surface area contributed by atoms with Crippen LogP contribution in [0.15, 0.2) is 0 Å². The molecule has 3 nitrogen and oxygen atoms in total. The Morgan fingerprint density at radius 2 is 1.67 bits per heavy atom. The van der Waals surface area contributed by atoms with Crippen LogP contribution < -0.4 is 0 Å². The highest BCUT2D eigenvalue weighted by atomic mass is 16.5. The molecular formula is C18H33NO2. The SMILES string of the molecule is CC1CN(CCOC2CCC3CCCCC3C2)CC(C)O1. The smallest absolute Gasteiger partial charge is 0.0678 e. The quantitative estimate of drug-likeness (QED) is 0.792. The second-order valence-corrected chi connectivity index (χ2v) is 7.63. The Kier molecular flexibility index (Phi) is 5.58. The fraction of sp³-hybridized carbons (Fsp3) is 1.00. The minimum Gasteiger partial charge on any atom is -0.377 e. The predicted molar refractivity (Wildman–Crippen MR) is 85.5 cm³/mol. The van der Waals surface area contributed by atoms with Crippen molar-refractivity contribution < 1.29 is 9.47 Å². The van der Waals surface area contributed by atoms with Crippen LogP contribution in [0.4, 0.5) is 0 Å². The third-order valence-corrected chi connectivity index (χ3v) is 5.75. The van der Waals surface area contributed by atoms with Crippen molar-refractivity contribution in [2.75, 3.05) is 26.2 Å². The maximum atomic E-state index is 6.22. The summed E-state index contributed by atoms with van der Waals surface area (Å²) in [5, 5.41) is 0. The molecule has 1 aliphatic heterocycles. The summed E-state index contributed by atoms with van der Waals surface area (Å²) in [5.41, 5.74) is 0. The molecule has 3 rings (SSSR count). The molecule has 0 radical (unpaired) electrons. The van der Waals surface area contributed by atoms with E-state index in [1.807, 2.05) is 0 Å². The third kappa shape index (κ3) is 4.43. The summed E-state index contributed by atoms with van der Waals surface area (Å²) in [7, 11) is 0. The average Bonchev–Trinajstić information content (AvgIpc) is 2.46. The standard InChI is InChI=1S/C18H33NO2/c1-14-12-19(13-15(2)21-14)9-10-20-18-8-7-16-5-3-4-6-17(16)11-18/h14-18H,3-13H2,1-2H3. The number of nitrogens with zero attached hydrogens (tertiary/aromatic N) is 1. The van der Waals surface area contributed by atoms with Crippen LogP contribution in [0.25, 0.3) is 0 Å². The Balaban J connectivity index is 1.36. The summed E-state index contributed by atoms with van der Waals surface area (Å²) in [4.78, 5) is 2.51. The average molecular weight is 295 g/mol. The lowest BCUT2D eigenvalue weighted by atomic mass is 9.70. The van der Waals surface area contributed by atoms with E-state index in [1.165, 1.54) is 44.9 Å². The summed E-state index contributed by atoms with van der Waals surface area (Å²) in [6.07, 6.45) is 11.2. The monoisotopic (exact) mass is 295 g/mol. The number of rotatable bonds is 4. The van der Waals surface area contributed by atoms with E-state index in [4.69, 9.17) is 9.47 Å². The van der Waals surface area contributed by atoms with E-state index >= 15 is 0 Å². The molecule has 2 aliphatic carbocycles. The van der Waals surface area contributed by atoms with Crippen LogP contribution in [0.3, 0.4) is 0 Å². The highest BCUT2D eigenvalue weighted by Crippen LogP contribution is 2.41. The molecule has 0 aromatic carbocycles. The fourth-order valence-corrected chi connectivity index (χ4v) is 4.80. The molecule has 21 heavy (non-hydrogen) atoms. The lowest BCUT2D eigenvalue weighted by Gasteiger charge is -2.39. The van der Waals surface area contributed by atoms with E-state index in [0.29, 0.717) is 18.3 Å². The summed E-state index contributed by atoms with van der Waals surface area (Å²) in [5.74, 6) is 2.00. The number of hydrogen-bond acceptors (Lipinski definition) is 3. The highest BCUT2D eigenvalue weighted by Gasteiger charge is 2.32. The lowest BCUT2D eigenvalue weighted by Crippen LogP contribution is -2.46. The van der Waals surface area contributed by atoms with Gasteiger partial charge in [0.05, 0.1) is 24.9 Å². The maximum absolute atomic E-state index is 6.22. The van der Waals surface area contributed by atoms with E-state index in [1.54, 1.807) is 0 Å². The van der Waals surface area contributed by atoms with Gasteiger partial charge in [0, 0.05) is 19.6 Å². The normalized spacial score (nSPS) is 41.7. The molecule has 1 heterocycles. The first-order valence-electron chi connectivity index (χ1n) is 9.20. The topological polar surface area (TPSA) is 21.7 Å². The van der Waals surface area contributed by atoms with Gasteiger partial charge in [-0.1, -0.05) is 25.7 Å². The van der Waals surface area contributed by atoms with Gasteiger partial charge in [-0.3, -0.25) is 4.90 Å². The first-order chi connectivity index (χ1) is 10.2. The highest BCUT2D eigenvalue weighted by molar-refractivity contribution is 4.83. The van der Waals surface area contributed by atoms with Gasteiger partial charge in [0.25, 0.3) is 0 Å². The van der Waals surface area contributed by atoms with Crippen molar-refractivity contribution >= 4 is 0 Å². The summed E-state index contributed by atoms with van der Waals surface area (Å²) >= 11 is 0. The molecule has 3 fully saturated rings. The van der Waals surface area contributed by atoms with Crippen LogP contribution in [-0.4, -0.2) is 49.5 Å². The molecule has 122 valence electrons. The van der Waals surface area contributed by atoms with Gasteiger partial charge in [0.15, 0.2) is 0 Å². The van der Waals surface area contributed by atoms with Crippen molar-refractivity contribution in [2.24, 2.45) is 11.8 Å². The maximum Gasteiger partial charge on any atom is 0.0678 e. The number of morpholine rings is 1. The number of hydrogen-bond donors (Lipinski definition) is 0. The van der Waals surface area contributed by atoms with Crippen molar-refractivity contribution in [3.8, 4) is 0 Å². The Bertz CT molecular complexity index is 312. The molecular weight excluding hydrogens is 262 g/mol. The first kappa shape index (κ1) is 15.8. The Labute approximate surface area is 130 Å². The van der Waals surface area contributed by atoms with Gasteiger partial charge < -0.3 is 9.47 Å². The number of fused-ring (bicyclic) bond motifs is 1. The van der Waals surface area contributed by atoms with Gasteiger partial charge >= 0.3 is 0 Å². The minimum atomic E-state index is 0.367. The zero-order valence-electron chi connectivity index (χ0n) is 13.9. The van der Waals surface area contributed by atoms with Crippen molar-refractivity contribution in [3.63, 3.8) is 0 Å². The van der Waals surface area contributed by atoms with Crippen molar-refractivity contribution in [3.05, 3.63) is 0 Å². The van der Waals surface area contributed by atoms with Gasteiger partial charge in [-0.2, -0.15) is 0 Å². The molecule has 0 spiro atoms. The predicted octanol–water partition coefficient (Wildman–Crippen LogP) is 3.47. The van der Waals surface area contributed by atoms with Crippen LogP contribution in [-0.2, 0) is 9.47 Å². The Hall–Kier alpha value is -0.120. The minimum absolute atomic E-state index is 0.367. The van der Waals surface area contributed by atoms with Crippen molar-refractivity contribution in [1.29, 1.82) is 0 Å². The zero-order valence-corrected chi connectivity index (χ0v) is 13.9. The van der Waals surface area contributed by atoms with Crippen molar-refractivity contribution in [2.45, 2.75) is 77.1 Å². The van der Waals surface area contributed by atoms with Gasteiger partial charge in [-0.05, 0) is 44.9 Å². The second-order valence-electron chi connectivity index (χ2n) is 7.63. The van der Waals surface area contributed by atoms with E-state index in [-0.39, 0.29) is 0 Å². The summed E-state index contributed by atoms with van der Waals surface area (Å²) in [6, 6.07) is 0. The van der Waals surface area contributed by atoms with E-state index < -0.39 is 0 Å². The molecule has 0 aromatic rings. The van der Waals surface area contributed by atoms with Gasteiger partial charge in [0.1, 0.15) is 0 Å². The summed E-state index contributed by atoms with van der Waals surface area (Å²) in [6.45, 7) is 8.44.